The summed E-state index contributed by atoms with van der Waals surface area (Å²) in [5.74, 6) is 1.15. The monoisotopic (exact) mass is 391 g/mol. The Morgan fingerprint density at radius 1 is 1.10 bits per heavy atom. The molecule has 0 fully saturated rings. The number of aliphatic imine (C=N–C) groups is 1. The van der Waals surface area contributed by atoms with Crippen LogP contribution < -0.4 is 10.5 Å². The van der Waals surface area contributed by atoms with Crippen LogP contribution in [0.2, 0.25) is 0 Å². The molecule has 0 spiro atoms. The van der Waals surface area contributed by atoms with Crippen molar-refractivity contribution in [2.45, 2.75) is 20.0 Å². The second-order valence-electron chi connectivity index (χ2n) is 7.01. The zero-order valence-corrected chi connectivity index (χ0v) is 17.0. The topological polar surface area (TPSA) is 96.9 Å². The average molecular weight is 391 g/mol. The van der Waals surface area contributed by atoms with Crippen LogP contribution in [0.3, 0.4) is 0 Å². The van der Waals surface area contributed by atoms with Crippen molar-refractivity contribution in [2.24, 2.45) is 10.7 Å². The van der Waals surface area contributed by atoms with Gasteiger partial charge in [0.2, 0.25) is 0 Å². The van der Waals surface area contributed by atoms with Gasteiger partial charge in [-0.1, -0.05) is 30.3 Å². The summed E-state index contributed by atoms with van der Waals surface area (Å²) in [7, 11) is 3.58. The van der Waals surface area contributed by atoms with Crippen LogP contribution in [-0.2, 0) is 0 Å². The van der Waals surface area contributed by atoms with E-state index in [9.17, 15) is 5.11 Å². The highest BCUT2D eigenvalue weighted by molar-refractivity contribution is 5.84. The van der Waals surface area contributed by atoms with Crippen molar-refractivity contribution < 1.29 is 9.84 Å². The minimum atomic E-state index is 0.00845. The van der Waals surface area contributed by atoms with Crippen LogP contribution in [-0.4, -0.2) is 46.1 Å². The van der Waals surface area contributed by atoms with Gasteiger partial charge in [-0.25, -0.2) is 9.97 Å². The Kier molecular flexibility index (Phi) is 5.97. The van der Waals surface area contributed by atoms with Crippen molar-refractivity contribution in [3.8, 4) is 33.9 Å². The number of aromatic nitrogens is 2. The van der Waals surface area contributed by atoms with Crippen molar-refractivity contribution in [1.29, 1.82) is 0 Å². The smallest absolute Gasteiger partial charge is 0.253 e. The van der Waals surface area contributed by atoms with Crippen molar-refractivity contribution in [3.63, 3.8) is 0 Å². The van der Waals surface area contributed by atoms with E-state index in [-0.39, 0.29) is 23.8 Å². The lowest BCUT2D eigenvalue weighted by Crippen LogP contribution is -2.30. The minimum absolute atomic E-state index is 0.00845. The van der Waals surface area contributed by atoms with Crippen LogP contribution in [0.1, 0.15) is 13.8 Å². The molecule has 7 nitrogen and oxygen atoms in total. The Labute approximate surface area is 170 Å². The first-order valence-electron chi connectivity index (χ1n) is 9.29. The predicted molar refractivity (Wildman–Crippen MR) is 115 cm³/mol. The summed E-state index contributed by atoms with van der Waals surface area (Å²) < 4.78 is 5.67. The SMILES string of the molecule is CC(C)Oc1ccc(-c2nc(/N=C(/N)N(C)C)ncc2-c2ccccc2)c(O)c1. The summed E-state index contributed by atoms with van der Waals surface area (Å²) >= 11 is 0. The molecule has 0 bridgehead atoms. The molecule has 0 aliphatic heterocycles. The minimum Gasteiger partial charge on any atom is -0.507 e. The number of benzene rings is 2. The molecule has 7 heteroatoms. The van der Waals surface area contributed by atoms with Gasteiger partial charge in [-0.15, -0.1) is 0 Å². The van der Waals surface area contributed by atoms with Crippen molar-refractivity contribution in [1.82, 2.24) is 14.9 Å². The maximum Gasteiger partial charge on any atom is 0.253 e. The molecule has 150 valence electrons. The number of phenolic OH excluding ortho intramolecular Hbond substituents is 1. The Morgan fingerprint density at radius 3 is 2.45 bits per heavy atom. The van der Waals surface area contributed by atoms with Crippen molar-refractivity contribution in [3.05, 3.63) is 54.7 Å². The second-order valence-corrected chi connectivity index (χ2v) is 7.01. The van der Waals surface area contributed by atoms with Gasteiger partial charge >= 0.3 is 0 Å². The summed E-state index contributed by atoms with van der Waals surface area (Å²) in [6, 6.07) is 14.9. The zero-order valence-electron chi connectivity index (χ0n) is 17.0. The number of rotatable bonds is 5. The van der Waals surface area contributed by atoms with Crippen LogP contribution in [0.4, 0.5) is 5.95 Å². The fourth-order valence-corrected chi connectivity index (χ4v) is 2.72. The van der Waals surface area contributed by atoms with E-state index in [1.165, 1.54) is 0 Å². The van der Waals surface area contributed by atoms with Gasteiger partial charge in [0.25, 0.3) is 5.95 Å². The molecule has 0 saturated heterocycles. The highest BCUT2D eigenvalue weighted by Gasteiger charge is 2.16. The van der Waals surface area contributed by atoms with Gasteiger partial charge in [-0.05, 0) is 31.5 Å². The number of nitrogens with zero attached hydrogens (tertiary/aromatic N) is 4. The van der Waals surface area contributed by atoms with Crippen LogP contribution >= 0.6 is 0 Å². The third-order valence-electron chi connectivity index (χ3n) is 4.13. The predicted octanol–water partition coefficient (Wildman–Crippen LogP) is 3.81. The van der Waals surface area contributed by atoms with E-state index in [1.807, 2.05) is 50.2 Å². The third-order valence-corrected chi connectivity index (χ3v) is 4.13. The Bertz CT molecular complexity index is 1020. The quantitative estimate of drug-likeness (QED) is 0.507. The van der Waals surface area contributed by atoms with E-state index in [2.05, 4.69) is 15.0 Å². The van der Waals surface area contributed by atoms with Crippen molar-refractivity contribution in [2.75, 3.05) is 14.1 Å². The van der Waals surface area contributed by atoms with Gasteiger partial charge in [-0.3, -0.25) is 0 Å². The zero-order chi connectivity index (χ0) is 21.0. The van der Waals surface area contributed by atoms with Crippen LogP contribution in [0.5, 0.6) is 11.5 Å². The lowest BCUT2D eigenvalue weighted by molar-refractivity contribution is 0.241. The second kappa shape index (κ2) is 8.60. The van der Waals surface area contributed by atoms with Gasteiger partial charge in [0.15, 0.2) is 5.96 Å². The maximum absolute atomic E-state index is 10.7. The molecule has 29 heavy (non-hydrogen) atoms. The van der Waals surface area contributed by atoms with E-state index in [1.54, 1.807) is 37.3 Å². The molecule has 0 aliphatic rings. The molecule has 0 unspecified atom stereocenters. The summed E-state index contributed by atoms with van der Waals surface area (Å²) in [4.78, 5) is 14.9. The molecule has 3 aromatic rings. The summed E-state index contributed by atoms with van der Waals surface area (Å²) in [5, 5.41) is 10.7. The van der Waals surface area contributed by atoms with E-state index >= 15 is 0 Å². The van der Waals surface area contributed by atoms with E-state index < -0.39 is 0 Å². The number of aromatic hydroxyl groups is 1. The Balaban J connectivity index is 2.15. The average Bonchev–Trinajstić information content (AvgIpc) is 2.68. The molecule has 0 atom stereocenters. The molecule has 3 N–H and O–H groups in total. The van der Waals surface area contributed by atoms with Crippen LogP contribution in [0.25, 0.3) is 22.4 Å². The highest BCUT2D eigenvalue weighted by atomic mass is 16.5. The molecular weight excluding hydrogens is 366 g/mol. The Morgan fingerprint density at radius 2 is 1.83 bits per heavy atom. The first-order valence-corrected chi connectivity index (χ1v) is 9.29. The first-order chi connectivity index (χ1) is 13.8. The normalized spacial score (nSPS) is 11.6. The van der Waals surface area contributed by atoms with E-state index in [0.29, 0.717) is 17.0 Å². The number of hydrogen-bond acceptors (Lipinski definition) is 5. The molecule has 1 heterocycles. The lowest BCUT2D eigenvalue weighted by atomic mass is 10.00. The molecule has 2 aromatic carbocycles. The van der Waals surface area contributed by atoms with Gasteiger partial charge in [0.05, 0.1) is 11.8 Å². The molecule has 0 amide bonds. The largest absolute Gasteiger partial charge is 0.507 e. The molecule has 0 aliphatic carbocycles. The molecule has 3 rings (SSSR count). The fourth-order valence-electron chi connectivity index (χ4n) is 2.72. The van der Waals surface area contributed by atoms with E-state index in [4.69, 9.17) is 10.5 Å². The summed E-state index contributed by atoms with van der Waals surface area (Å²) in [6.45, 7) is 3.87. The fraction of sp³-hybridized carbons (Fsp3) is 0.227. The van der Waals surface area contributed by atoms with Gasteiger partial charge in [-0.2, -0.15) is 4.99 Å². The maximum atomic E-state index is 10.7. The van der Waals surface area contributed by atoms with Crippen LogP contribution in [0, 0.1) is 0 Å². The number of ether oxygens (including phenoxy) is 1. The highest BCUT2D eigenvalue weighted by Crippen LogP contribution is 2.37. The summed E-state index contributed by atoms with van der Waals surface area (Å²) in [5.41, 5.74) is 8.74. The molecule has 0 radical (unpaired) electrons. The number of hydrogen-bond donors (Lipinski definition) is 2. The number of nitrogens with two attached hydrogens (primary N) is 1. The standard InChI is InChI=1S/C22H25N5O2/c1-14(2)29-16-10-11-17(19(28)12-16)20-18(15-8-6-5-7-9-15)13-24-22(25-20)26-21(23)27(3)4/h5-14,28H,1-4H3,(H2,23,24,25,26). The van der Waals surface area contributed by atoms with Gasteiger partial charge in [0, 0.05) is 37.5 Å². The number of phenols is 1. The van der Waals surface area contributed by atoms with E-state index in [0.717, 1.165) is 11.1 Å². The van der Waals surface area contributed by atoms with Crippen molar-refractivity contribution >= 4 is 11.9 Å². The number of guanidine groups is 1. The molecule has 0 saturated carbocycles. The van der Waals surface area contributed by atoms with Crippen LogP contribution in [0.15, 0.2) is 59.7 Å². The van der Waals surface area contributed by atoms with Gasteiger partial charge < -0.3 is 20.5 Å². The lowest BCUT2D eigenvalue weighted by Gasteiger charge is -2.14. The first kappa shape index (κ1) is 20.1. The molecular formula is C22H25N5O2. The van der Waals surface area contributed by atoms with Gasteiger partial charge in [0.1, 0.15) is 11.5 Å². The summed E-state index contributed by atoms with van der Waals surface area (Å²) in [6.07, 6.45) is 1.70. The third kappa shape index (κ3) is 4.82. The molecule has 1 aromatic heterocycles. The Hall–Kier alpha value is -3.61.